The molecule has 4 aromatic carbocycles. The first-order valence-corrected chi connectivity index (χ1v) is 24.2. The van der Waals surface area contributed by atoms with E-state index in [1.807, 2.05) is 67.5 Å². The van der Waals surface area contributed by atoms with Crippen molar-refractivity contribution in [1.29, 1.82) is 0 Å². The summed E-state index contributed by atoms with van der Waals surface area (Å²) in [6, 6.07) is 16.3. The molecule has 0 aliphatic carbocycles. The Morgan fingerprint density at radius 3 is 1.09 bits per heavy atom. The third-order valence-electron chi connectivity index (χ3n) is 14.2. The van der Waals surface area contributed by atoms with Crippen LogP contribution in [0.25, 0.3) is 66.6 Å². The predicted molar refractivity (Wildman–Crippen MR) is 274 cm³/mol. The van der Waals surface area contributed by atoms with Crippen molar-refractivity contribution >= 4 is 67.5 Å². The van der Waals surface area contributed by atoms with Crippen LogP contribution in [0.2, 0.25) is 0 Å². The molecule has 8 bridgehead atoms. The number of allylic oxidation sites excluding steroid dienone is 4. The molecule has 0 radical (unpaired) electrons. The van der Waals surface area contributed by atoms with Gasteiger partial charge in [-0.15, -0.1) is 0 Å². The van der Waals surface area contributed by atoms with E-state index in [9.17, 15) is 35.9 Å². The van der Waals surface area contributed by atoms with E-state index in [4.69, 9.17) is 9.97 Å². The molecule has 3 aromatic heterocycles. The summed E-state index contributed by atoms with van der Waals surface area (Å²) in [4.78, 5) is 45.3. The zero-order chi connectivity index (χ0) is 54.9. The first-order chi connectivity index (χ1) is 36.2. The highest BCUT2D eigenvalue weighted by molar-refractivity contribution is 6.11. The Morgan fingerprint density at radius 1 is 0.461 bits per heavy atom. The van der Waals surface area contributed by atoms with E-state index in [0.717, 1.165) is 33.4 Å². The number of carbonyl (C=O) groups is 2. The maximum Gasteiger partial charge on any atom is 0.261 e. The molecule has 7 aromatic rings. The van der Waals surface area contributed by atoms with Gasteiger partial charge in [-0.2, -0.15) is 0 Å². The maximum absolute atomic E-state index is 15.1. The van der Waals surface area contributed by atoms with Crippen LogP contribution in [-0.4, -0.2) is 31.8 Å². The minimum Gasteiger partial charge on any atom is -0.354 e. The Morgan fingerprint density at radius 2 is 0.776 bits per heavy atom. The van der Waals surface area contributed by atoms with Gasteiger partial charge in [0.05, 0.1) is 33.8 Å². The smallest absolute Gasteiger partial charge is 0.261 e. The number of benzene rings is 4. The summed E-state index contributed by atoms with van der Waals surface area (Å²) in [7, 11) is 0. The van der Waals surface area contributed by atoms with E-state index >= 15 is 17.6 Å². The second-order valence-corrected chi connectivity index (χ2v) is 18.3. The molecule has 18 heteroatoms. The van der Waals surface area contributed by atoms with Crippen molar-refractivity contribution in [3.05, 3.63) is 175 Å². The third kappa shape index (κ3) is 8.34. The molecule has 5 heterocycles. The van der Waals surface area contributed by atoms with Crippen LogP contribution < -0.4 is 10.6 Å². The quantitative estimate of drug-likeness (QED) is 0.0620. The van der Waals surface area contributed by atoms with Crippen molar-refractivity contribution in [2.45, 2.75) is 81.1 Å². The molecule has 2 amide bonds. The Balaban J connectivity index is 1.39. The molecule has 9 rings (SSSR count). The lowest BCUT2D eigenvalue weighted by molar-refractivity contribution is 0.100. The van der Waals surface area contributed by atoms with Crippen LogP contribution in [0.5, 0.6) is 0 Å². The number of H-pyrrole nitrogens is 2. The van der Waals surface area contributed by atoms with Gasteiger partial charge < -0.3 is 20.6 Å². The molecule has 76 heavy (non-hydrogen) atoms. The molecule has 0 atom stereocenters. The maximum atomic E-state index is 15.1. The van der Waals surface area contributed by atoms with Gasteiger partial charge in [0.15, 0.2) is 46.5 Å². The molecule has 0 saturated carbocycles. The van der Waals surface area contributed by atoms with E-state index in [2.05, 4.69) is 20.6 Å². The SMILES string of the molecule is CCC1=C(C)c2nc1cc1[nH]c(c(C)c1CC)c(-c1ccccc1NC(=O)c1c(F)c(F)c(F)c(F)c1F)c1nc(cc3[nH]c(c(C)c3CC)c2-c2ccccc2NC(=O)c2c(F)c(F)c(F)c(F)c2F)C(CC)=C1C. The molecule has 4 N–H and O–H groups in total. The summed E-state index contributed by atoms with van der Waals surface area (Å²) in [5, 5.41) is 4.84. The zero-order valence-corrected chi connectivity index (χ0v) is 42.1. The van der Waals surface area contributed by atoms with Crippen molar-refractivity contribution < 1.29 is 53.5 Å². The number of nitrogens with one attached hydrogen (secondary N) is 4. The second-order valence-electron chi connectivity index (χ2n) is 18.3. The van der Waals surface area contributed by atoms with Crippen LogP contribution in [0.3, 0.4) is 0 Å². The molecular formula is C58H46F10N6O2. The first kappa shape index (κ1) is 52.6. The number of para-hydroxylation sites is 2. The van der Waals surface area contributed by atoms with Gasteiger partial charge in [0.1, 0.15) is 11.1 Å². The van der Waals surface area contributed by atoms with Gasteiger partial charge in [-0.05, 0) is 122 Å². The summed E-state index contributed by atoms with van der Waals surface area (Å²) in [6.45, 7) is 15.3. The van der Waals surface area contributed by atoms with Crippen LogP contribution in [0.1, 0.15) is 120 Å². The monoisotopic (exact) mass is 1050 g/mol. The fraction of sp³-hybridized carbons (Fsp3) is 0.207. The average molecular weight is 1050 g/mol. The molecule has 0 fully saturated rings. The average Bonchev–Trinajstić information content (AvgIpc) is 4.10. The topological polar surface area (TPSA) is 116 Å². The van der Waals surface area contributed by atoms with E-state index in [-0.39, 0.29) is 22.5 Å². The number of carbonyl (C=O) groups excluding carboxylic acids is 2. The van der Waals surface area contributed by atoms with Gasteiger partial charge in [-0.1, -0.05) is 64.1 Å². The fourth-order valence-electron chi connectivity index (χ4n) is 10.4. The number of anilines is 2. The van der Waals surface area contributed by atoms with Crippen LogP contribution in [-0.2, 0) is 12.8 Å². The number of hydrogen-bond acceptors (Lipinski definition) is 4. The summed E-state index contributed by atoms with van der Waals surface area (Å²) >= 11 is 0. The zero-order valence-electron chi connectivity index (χ0n) is 42.1. The van der Waals surface area contributed by atoms with Gasteiger partial charge in [-0.25, -0.2) is 53.9 Å². The number of amides is 2. The number of aromatic amines is 2. The molecular weight excluding hydrogens is 1000 g/mol. The molecule has 2 aliphatic heterocycles. The minimum atomic E-state index is -2.41. The van der Waals surface area contributed by atoms with Gasteiger partial charge in [-0.3, -0.25) is 9.59 Å². The van der Waals surface area contributed by atoms with Gasteiger partial charge >= 0.3 is 0 Å². The normalized spacial score (nSPS) is 12.6. The first-order valence-electron chi connectivity index (χ1n) is 24.2. The predicted octanol–water partition coefficient (Wildman–Crippen LogP) is 16.0. The van der Waals surface area contributed by atoms with Gasteiger partial charge in [0.25, 0.3) is 11.8 Å². The molecule has 0 unspecified atom stereocenters. The van der Waals surface area contributed by atoms with Gasteiger partial charge in [0, 0.05) is 44.7 Å². The van der Waals surface area contributed by atoms with Crippen LogP contribution in [0.15, 0.2) is 60.7 Å². The lowest BCUT2D eigenvalue weighted by Gasteiger charge is -2.15. The Kier molecular flexibility index (Phi) is 13.9. The Bertz CT molecular complexity index is 3620. The second kappa shape index (κ2) is 20.1. The van der Waals surface area contributed by atoms with Crippen molar-refractivity contribution in [2.75, 3.05) is 10.6 Å². The highest BCUT2D eigenvalue weighted by atomic mass is 19.2. The molecule has 0 spiro atoms. The number of hydrogen-bond donors (Lipinski definition) is 4. The number of rotatable bonds is 10. The molecule has 0 saturated heterocycles. The third-order valence-corrected chi connectivity index (χ3v) is 14.2. The summed E-state index contributed by atoms with van der Waals surface area (Å²) in [5.41, 5.74) is 8.33. The highest BCUT2D eigenvalue weighted by Crippen LogP contribution is 2.46. The summed E-state index contributed by atoms with van der Waals surface area (Å²) < 4.78 is 147. The van der Waals surface area contributed by atoms with E-state index in [0.29, 0.717) is 92.8 Å². The fourth-order valence-corrected chi connectivity index (χ4v) is 10.4. The Labute approximate surface area is 428 Å². The summed E-state index contributed by atoms with van der Waals surface area (Å²) in [6.07, 6.45) is 1.86. The Hall–Kier alpha value is -8.28. The van der Waals surface area contributed by atoms with E-state index < -0.39 is 81.1 Å². The van der Waals surface area contributed by atoms with Crippen molar-refractivity contribution in [1.82, 2.24) is 19.9 Å². The van der Waals surface area contributed by atoms with E-state index in [1.54, 1.807) is 24.3 Å². The molecule has 2 aliphatic rings. The number of halogens is 10. The van der Waals surface area contributed by atoms with Crippen LogP contribution in [0.4, 0.5) is 55.3 Å². The van der Waals surface area contributed by atoms with Crippen LogP contribution >= 0.6 is 0 Å². The number of aryl methyl sites for hydroxylation is 4. The molecule has 390 valence electrons. The number of aromatic nitrogens is 4. The van der Waals surface area contributed by atoms with E-state index in [1.165, 1.54) is 24.3 Å². The lowest BCUT2D eigenvalue weighted by Crippen LogP contribution is -2.19. The minimum absolute atomic E-state index is 0.0413. The lowest BCUT2D eigenvalue weighted by atomic mass is 9.94. The molecule has 8 nitrogen and oxygen atoms in total. The van der Waals surface area contributed by atoms with Gasteiger partial charge in [0.2, 0.25) is 11.6 Å². The number of fused-ring (bicyclic) bond motifs is 8. The summed E-state index contributed by atoms with van der Waals surface area (Å²) in [5.74, 6) is -26.3. The van der Waals surface area contributed by atoms with Crippen molar-refractivity contribution in [2.24, 2.45) is 0 Å². The van der Waals surface area contributed by atoms with Crippen molar-refractivity contribution in [3.8, 4) is 22.3 Å². The highest BCUT2D eigenvalue weighted by Gasteiger charge is 2.33. The van der Waals surface area contributed by atoms with Crippen molar-refractivity contribution in [3.63, 3.8) is 0 Å². The number of nitrogens with zero attached hydrogens (tertiary/aromatic N) is 2. The van der Waals surface area contributed by atoms with Crippen LogP contribution in [0, 0.1) is 72.0 Å². The standard InChI is InChI=1S/C58H46F10N6O2/c1-9-27-23(5)53-39(31-17-13-15-19-33(31)73-57(75)41-43(59)47(63)51(67)48(64)44(41)60)54-25(7)29(11-3)37(71-54)22-38-30(12-4)26(8)56(72-38)40(55-24(6)28(10-2)36(70-55)21-35(27)69-53)32-18-14-16-20-34(32)74-58(76)42-45(61)49(65)52(68)50(66)46(42)62/h13-22,69,72H,9-12H2,1-8H3,(H,73,75)(H,74,76). The largest absolute Gasteiger partial charge is 0.354 e.